The van der Waals surface area contributed by atoms with Crippen molar-refractivity contribution in [1.29, 1.82) is 0 Å². The maximum Gasteiger partial charge on any atom is 0.232 e. The zero-order chi connectivity index (χ0) is 15.0. The van der Waals surface area contributed by atoms with E-state index in [1.807, 2.05) is 0 Å². The molecule has 0 aromatic heterocycles. The average molecular weight is 319 g/mol. The topological polar surface area (TPSA) is 75.3 Å². The lowest BCUT2D eigenvalue weighted by molar-refractivity contribution is -0.115. The summed E-state index contributed by atoms with van der Waals surface area (Å²) >= 11 is 5.52. The number of sulfonamides is 1. The Morgan fingerprint density at radius 2 is 1.95 bits per heavy atom. The summed E-state index contributed by atoms with van der Waals surface area (Å²) in [5, 5.41) is 2.68. The van der Waals surface area contributed by atoms with Crippen molar-refractivity contribution in [3.8, 4) is 0 Å². The van der Waals surface area contributed by atoms with Crippen LogP contribution >= 0.6 is 11.6 Å². The molecular formula is C13H19ClN2O3S. The summed E-state index contributed by atoms with van der Waals surface area (Å²) in [7, 11) is -3.38. The Balaban J connectivity index is 2.68. The van der Waals surface area contributed by atoms with Crippen molar-refractivity contribution in [2.45, 2.75) is 26.2 Å². The minimum Gasteiger partial charge on any atom is -0.326 e. The Morgan fingerprint density at radius 3 is 2.60 bits per heavy atom. The van der Waals surface area contributed by atoms with E-state index < -0.39 is 10.0 Å². The van der Waals surface area contributed by atoms with Crippen molar-refractivity contribution in [1.82, 2.24) is 0 Å². The van der Waals surface area contributed by atoms with Crippen LogP contribution < -0.4 is 10.0 Å². The molecule has 0 radical (unpaired) electrons. The fourth-order valence-electron chi connectivity index (χ4n) is 1.53. The maximum absolute atomic E-state index is 11.8. The molecule has 1 rings (SSSR count). The number of hydrogen-bond acceptors (Lipinski definition) is 3. The molecule has 7 heteroatoms. The van der Waals surface area contributed by atoms with Crippen LogP contribution in [-0.2, 0) is 14.8 Å². The van der Waals surface area contributed by atoms with E-state index in [1.165, 1.54) is 0 Å². The van der Waals surface area contributed by atoms with E-state index in [2.05, 4.69) is 10.0 Å². The molecule has 0 spiro atoms. The zero-order valence-electron chi connectivity index (χ0n) is 11.4. The number of alkyl halides is 1. The minimum absolute atomic E-state index is 0.0330. The van der Waals surface area contributed by atoms with Crippen LogP contribution in [0.4, 0.5) is 11.4 Å². The van der Waals surface area contributed by atoms with Gasteiger partial charge < -0.3 is 5.32 Å². The first-order valence-electron chi connectivity index (χ1n) is 6.43. The van der Waals surface area contributed by atoms with Gasteiger partial charge in [0.05, 0.1) is 11.4 Å². The van der Waals surface area contributed by atoms with Gasteiger partial charge in [-0.15, -0.1) is 11.6 Å². The summed E-state index contributed by atoms with van der Waals surface area (Å²) in [6.07, 6.45) is 1.55. The van der Waals surface area contributed by atoms with Gasteiger partial charge in [0.2, 0.25) is 15.9 Å². The summed E-state index contributed by atoms with van der Waals surface area (Å²) in [6.45, 7) is 1.75. The van der Waals surface area contributed by atoms with Gasteiger partial charge in [0.1, 0.15) is 0 Å². The monoisotopic (exact) mass is 318 g/mol. The number of hydrogen-bond donors (Lipinski definition) is 2. The van der Waals surface area contributed by atoms with E-state index in [4.69, 9.17) is 11.6 Å². The first-order valence-corrected chi connectivity index (χ1v) is 8.62. The Morgan fingerprint density at radius 1 is 1.25 bits per heavy atom. The van der Waals surface area contributed by atoms with Gasteiger partial charge >= 0.3 is 0 Å². The number of carbonyl (C=O) groups excluding carboxylic acids is 1. The lowest BCUT2D eigenvalue weighted by Crippen LogP contribution is -2.17. The molecule has 0 aliphatic heterocycles. The molecule has 1 aromatic carbocycles. The molecule has 0 aliphatic rings. The van der Waals surface area contributed by atoms with Gasteiger partial charge in [-0.1, -0.05) is 13.0 Å². The van der Waals surface area contributed by atoms with Crippen LogP contribution in [0, 0.1) is 0 Å². The molecule has 112 valence electrons. The molecule has 0 unspecified atom stereocenters. The maximum atomic E-state index is 11.8. The number of unbranched alkanes of at least 4 members (excludes halogenated alkanes) is 1. The van der Waals surface area contributed by atoms with Gasteiger partial charge in [0, 0.05) is 18.0 Å². The number of amides is 1. The normalized spacial score (nSPS) is 11.1. The van der Waals surface area contributed by atoms with E-state index in [0.717, 1.165) is 0 Å². The smallest absolute Gasteiger partial charge is 0.232 e. The highest BCUT2D eigenvalue weighted by molar-refractivity contribution is 7.92. The Kier molecular flexibility index (Phi) is 6.81. The van der Waals surface area contributed by atoms with Crippen LogP contribution in [0.1, 0.15) is 26.2 Å². The van der Waals surface area contributed by atoms with E-state index in [0.29, 0.717) is 36.5 Å². The summed E-state index contributed by atoms with van der Waals surface area (Å²) < 4.78 is 26.1. The molecule has 1 aromatic rings. The van der Waals surface area contributed by atoms with Gasteiger partial charge in [0.25, 0.3) is 0 Å². The first kappa shape index (κ1) is 16.8. The second-order valence-electron chi connectivity index (χ2n) is 4.30. The van der Waals surface area contributed by atoms with Crippen LogP contribution in [-0.4, -0.2) is 26.0 Å². The number of rotatable bonds is 8. The van der Waals surface area contributed by atoms with Crippen molar-refractivity contribution in [3.63, 3.8) is 0 Å². The van der Waals surface area contributed by atoms with Crippen LogP contribution in [0.5, 0.6) is 0 Å². The highest BCUT2D eigenvalue weighted by Crippen LogP contribution is 2.17. The fraction of sp³-hybridized carbons (Fsp3) is 0.462. The molecule has 0 atom stereocenters. The molecule has 0 fully saturated rings. The van der Waals surface area contributed by atoms with Gasteiger partial charge in [-0.05, 0) is 31.0 Å². The van der Waals surface area contributed by atoms with Crippen molar-refractivity contribution in [2.75, 3.05) is 21.7 Å². The van der Waals surface area contributed by atoms with Crippen molar-refractivity contribution < 1.29 is 13.2 Å². The molecule has 1 amide bonds. The zero-order valence-corrected chi connectivity index (χ0v) is 12.9. The molecule has 0 saturated carbocycles. The Hall–Kier alpha value is -1.27. The molecule has 5 nitrogen and oxygen atoms in total. The first-order chi connectivity index (χ1) is 9.46. The minimum atomic E-state index is -3.38. The molecular weight excluding hydrogens is 300 g/mol. The van der Waals surface area contributed by atoms with Gasteiger partial charge in [-0.3, -0.25) is 9.52 Å². The summed E-state index contributed by atoms with van der Waals surface area (Å²) in [5.74, 6) is 0.367. The predicted octanol–water partition coefficient (Wildman–Crippen LogP) is 2.80. The van der Waals surface area contributed by atoms with E-state index in [-0.39, 0.29) is 11.7 Å². The molecule has 0 aliphatic carbocycles. The Labute approximate surface area is 124 Å². The average Bonchev–Trinajstić information content (AvgIpc) is 2.38. The lowest BCUT2D eigenvalue weighted by atomic mass is 10.3. The lowest BCUT2D eigenvalue weighted by Gasteiger charge is -2.09. The number of carbonyl (C=O) groups is 1. The highest BCUT2D eigenvalue weighted by Gasteiger charge is 2.10. The molecule has 2 N–H and O–H groups in total. The third-order valence-electron chi connectivity index (χ3n) is 2.54. The third kappa shape index (κ3) is 6.25. The largest absolute Gasteiger partial charge is 0.326 e. The van der Waals surface area contributed by atoms with Gasteiger partial charge in [-0.2, -0.15) is 0 Å². The van der Waals surface area contributed by atoms with Crippen molar-refractivity contribution >= 4 is 38.9 Å². The van der Waals surface area contributed by atoms with Gasteiger partial charge in [0.15, 0.2) is 0 Å². The number of anilines is 2. The summed E-state index contributed by atoms with van der Waals surface area (Å²) in [4.78, 5) is 11.3. The van der Waals surface area contributed by atoms with Crippen molar-refractivity contribution in [3.05, 3.63) is 24.3 Å². The van der Waals surface area contributed by atoms with E-state index in [9.17, 15) is 13.2 Å². The van der Waals surface area contributed by atoms with E-state index in [1.54, 1.807) is 31.2 Å². The summed E-state index contributed by atoms with van der Waals surface area (Å²) in [5.41, 5.74) is 1.00. The fourth-order valence-corrected chi connectivity index (χ4v) is 2.89. The predicted molar refractivity (Wildman–Crippen MR) is 82.7 cm³/mol. The van der Waals surface area contributed by atoms with Crippen LogP contribution in [0.3, 0.4) is 0 Å². The Bertz CT molecular complexity index is 546. The molecule has 20 heavy (non-hydrogen) atoms. The highest BCUT2D eigenvalue weighted by atomic mass is 35.5. The standard InChI is InChI=1S/C13H19ClN2O3S/c1-2-13(17)15-11-6-5-7-12(10-11)16-20(18,19)9-4-3-8-14/h5-7,10,16H,2-4,8-9H2,1H3,(H,15,17). The molecule has 0 saturated heterocycles. The number of halogens is 1. The van der Waals surface area contributed by atoms with Crippen LogP contribution in [0.2, 0.25) is 0 Å². The SMILES string of the molecule is CCC(=O)Nc1cccc(NS(=O)(=O)CCCCCl)c1. The molecule has 0 bridgehead atoms. The van der Waals surface area contributed by atoms with Gasteiger partial charge in [-0.25, -0.2) is 8.42 Å². The second-order valence-corrected chi connectivity index (χ2v) is 6.52. The van der Waals surface area contributed by atoms with E-state index >= 15 is 0 Å². The second kappa shape index (κ2) is 8.11. The third-order valence-corrected chi connectivity index (χ3v) is 4.18. The van der Waals surface area contributed by atoms with Crippen molar-refractivity contribution in [2.24, 2.45) is 0 Å². The summed E-state index contributed by atoms with van der Waals surface area (Å²) in [6, 6.07) is 6.62. The van der Waals surface area contributed by atoms with Crippen LogP contribution in [0.15, 0.2) is 24.3 Å². The number of benzene rings is 1. The van der Waals surface area contributed by atoms with Crippen LogP contribution in [0.25, 0.3) is 0 Å². The molecule has 0 heterocycles. The quantitative estimate of drug-likeness (QED) is 0.571. The number of nitrogens with one attached hydrogen (secondary N) is 2.